The summed E-state index contributed by atoms with van der Waals surface area (Å²) in [6.07, 6.45) is 13.4. The minimum Gasteiger partial charge on any atom is -0.479 e. The lowest BCUT2D eigenvalue weighted by Gasteiger charge is -2.36. The summed E-state index contributed by atoms with van der Waals surface area (Å²) in [4.78, 5) is 21.0. The number of aliphatic hydroxyl groups excluding tert-OH is 1. The highest BCUT2D eigenvalue weighted by Gasteiger charge is 2.56. The van der Waals surface area contributed by atoms with Crippen LogP contribution >= 0.6 is 0 Å². The van der Waals surface area contributed by atoms with Gasteiger partial charge >= 0.3 is 5.97 Å². The minimum atomic E-state index is -1.31. The van der Waals surface area contributed by atoms with E-state index >= 15 is 0 Å². The van der Waals surface area contributed by atoms with E-state index in [4.69, 9.17) is 25.1 Å². The van der Waals surface area contributed by atoms with E-state index < -0.39 is 17.6 Å². The fraction of sp³-hybridized carbons (Fsp3) is 0.852. The van der Waals surface area contributed by atoms with Gasteiger partial charge in [-0.3, -0.25) is 0 Å². The van der Waals surface area contributed by atoms with Crippen molar-refractivity contribution in [2.45, 2.75) is 114 Å². The molecule has 36 heavy (non-hydrogen) atoms. The van der Waals surface area contributed by atoms with E-state index in [1.165, 1.54) is 6.42 Å². The van der Waals surface area contributed by atoms with Crippen LogP contribution in [0.15, 0.2) is 21.3 Å². The Hall–Kier alpha value is -2.09. The number of aliphatic imine (C=N–C) groups is 1. The molecule has 200 valence electrons. The van der Waals surface area contributed by atoms with Crippen LogP contribution in [0.3, 0.4) is 0 Å². The van der Waals surface area contributed by atoms with Gasteiger partial charge in [-0.2, -0.15) is 0 Å². The third-order valence-corrected chi connectivity index (χ3v) is 8.63. The molecule has 2 N–H and O–H groups in total. The number of hydrogen-bond donors (Lipinski definition) is 2. The van der Waals surface area contributed by atoms with Crippen molar-refractivity contribution in [1.82, 2.24) is 0 Å². The summed E-state index contributed by atoms with van der Waals surface area (Å²) < 4.78 is 12.5. The fourth-order valence-corrected chi connectivity index (χ4v) is 6.67. The Morgan fingerprint density at radius 2 is 1.86 bits per heavy atom. The highest BCUT2D eigenvalue weighted by atomic mass is 16.5. The van der Waals surface area contributed by atoms with Crippen molar-refractivity contribution in [3.05, 3.63) is 21.6 Å². The van der Waals surface area contributed by atoms with Crippen molar-refractivity contribution < 1.29 is 24.5 Å². The van der Waals surface area contributed by atoms with E-state index in [9.17, 15) is 9.90 Å². The SMILES string of the molecule is [N-]=[N+]=NCC1=C([C@@H]2OC(C3CCC(OCCCO)CC3)=N[C@]2(CC2CCCCC2)C(=O)O)CCCC1. The van der Waals surface area contributed by atoms with E-state index in [1.807, 2.05) is 0 Å². The van der Waals surface area contributed by atoms with Crippen molar-refractivity contribution in [3.8, 4) is 0 Å². The standard InChI is InChI=1S/C27H42N4O5/c28-31-29-18-21-9-4-5-10-23(21)24-27(26(33)34,17-19-7-2-1-3-8-19)30-25(36-24)20-11-13-22(14-12-20)35-16-6-15-32/h19-20,22,24,32H,1-18H2,(H,33,34)/t20?,22?,24-,27-/m0/s1. The number of carboxylic acid groups (broad SMARTS) is 1. The number of carbonyl (C=O) groups is 1. The Morgan fingerprint density at radius 3 is 2.56 bits per heavy atom. The molecule has 0 aromatic heterocycles. The van der Waals surface area contributed by atoms with Crippen molar-refractivity contribution in [2.75, 3.05) is 19.8 Å². The van der Waals surface area contributed by atoms with Gasteiger partial charge in [-0.05, 0) is 81.2 Å². The molecule has 1 aliphatic heterocycles. The predicted molar refractivity (Wildman–Crippen MR) is 137 cm³/mol. The van der Waals surface area contributed by atoms with Gasteiger partial charge in [-0.25, -0.2) is 9.79 Å². The Balaban J connectivity index is 1.60. The molecule has 2 saturated carbocycles. The normalized spacial score (nSPS) is 31.5. The average Bonchev–Trinajstić information content (AvgIpc) is 3.29. The van der Waals surface area contributed by atoms with E-state index in [1.54, 1.807) is 0 Å². The molecule has 4 aliphatic rings. The number of aliphatic carboxylic acids is 1. The first-order valence-corrected chi connectivity index (χ1v) is 14.0. The zero-order chi connectivity index (χ0) is 25.4. The van der Waals surface area contributed by atoms with Crippen LogP contribution in [-0.4, -0.2) is 59.6 Å². The molecular formula is C27H42N4O5. The molecule has 1 heterocycles. The van der Waals surface area contributed by atoms with Crippen LogP contribution in [0.5, 0.6) is 0 Å². The number of aliphatic hydroxyl groups is 1. The first kappa shape index (κ1) is 27.0. The highest BCUT2D eigenvalue weighted by Crippen LogP contribution is 2.46. The first-order chi connectivity index (χ1) is 17.6. The second-order valence-electron chi connectivity index (χ2n) is 11.0. The van der Waals surface area contributed by atoms with E-state index in [2.05, 4.69) is 10.0 Å². The van der Waals surface area contributed by atoms with Gasteiger partial charge in [-0.15, -0.1) is 0 Å². The number of carboxylic acids is 1. The number of nitrogens with zero attached hydrogens (tertiary/aromatic N) is 4. The molecule has 4 rings (SSSR count). The summed E-state index contributed by atoms with van der Waals surface area (Å²) in [6.45, 7) is 0.977. The summed E-state index contributed by atoms with van der Waals surface area (Å²) in [6, 6.07) is 0. The number of ether oxygens (including phenoxy) is 2. The zero-order valence-electron chi connectivity index (χ0n) is 21.4. The quantitative estimate of drug-likeness (QED) is 0.122. The molecule has 0 saturated heterocycles. The first-order valence-electron chi connectivity index (χ1n) is 14.0. The molecule has 9 heteroatoms. The molecule has 0 unspecified atom stereocenters. The van der Waals surface area contributed by atoms with Crippen LogP contribution in [-0.2, 0) is 14.3 Å². The minimum absolute atomic E-state index is 0.0996. The van der Waals surface area contributed by atoms with Crippen LogP contribution in [0.25, 0.3) is 10.4 Å². The van der Waals surface area contributed by atoms with Gasteiger partial charge in [0, 0.05) is 30.6 Å². The number of rotatable bonds is 11. The van der Waals surface area contributed by atoms with Gasteiger partial charge in [0.1, 0.15) is 0 Å². The summed E-state index contributed by atoms with van der Waals surface area (Å²) in [5.41, 5.74) is 9.66. The third-order valence-electron chi connectivity index (χ3n) is 8.63. The smallest absolute Gasteiger partial charge is 0.336 e. The zero-order valence-corrected chi connectivity index (χ0v) is 21.4. The highest BCUT2D eigenvalue weighted by molar-refractivity contribution is 5.91. The van der Waals surface area contributed by atoms with Gasteiger partial charge in [0.05, 0.1) is 6.10 Å². The summed E-state index contributed by atoms with van der Waals surface area (Å²) in [7, 11) is 0. The molecule has 2 fully saturated rings. The third kappa shape index (κ3) is 6.24. The van der Waals surface area contributed by atoms with Crippen molar-refractivity contribution >= 4 is 11.9 Å². The largest absolute Gasteiger partial charge is 0.479 e. The molecule has 9 nitrogen and oxygen atoms in total. The molecule has 0 aromatic rings. The van der Waals surface area contributed by atoms with Crippen molar-refractivity contribution in [1.29, 1.82) is 0 Å². The van der Waals surface area contributed by atoms with Crippen LogP contribution in [0, 0.1) is 11.8 Å². The second kappa shape index (κ2) is 12.9. The predicted octanol–water partition coefficient (Wildman–Crippen LogP) is 5.72. The van der Waals surface area contributed by atoms with Gasteiger partial charge in [0.2, 0.25) is 5.54 Å². The second-order valence-corrected chi connectivity index (χ2v) is 11.0. The van der Waals surface area contributed by atoms with Crippen molar-refractivity contribution in [2.24, 2.45) is 21.9 Å². The molecule has 0 aromatic carbocycles. The summed E-state index contributed by atoms with van der Waals surface area (Å²) in [5.74, 6) is 0.149. The Morgan fingerprint density at radius 1 is 1.11 bits per heavy atom. The maximum Gasteiger partial charge on any atom is 0.336 e. The molecule has 0 amide bonds. The van der Waals surface area contributed by atoms with Crippen LogP contribution < -0.4 is 0 Å². The van der Waals surface area contributed by atoms with E-state index in [0.29, 0.717) is 31.3 Å². The molecular weight excluding hydrogens is 460 g/mol. The summed E-state index contributed by atoms with van der Waals surface area (Å²) >= 11 is 0. The molecule has 3 aliphatic carbocycles. The Bertz CT molecular complexity index is 869. The molecule has 2 atom stereocenters. The average molecular weight is 503 g/mol. The maximum atomic E-state index is 13.1. The lowest BCUT2D eigenvalue weighted by atomic mass is 9.73. The number of azide groups is 1. The fourth-order valence-electron chi connectivity index (χ4n) is 6.67. The molecule has 0 bridgehead atoms. The Labute approximate surface area is 214 Å². The Kier molecular flexibility index (Phi) is 9.68. The van der Waals surface area contributed by atoms with Gasteiger partial charge in [0.25, 0.3) is 0 Å². The number of hydrogen-bond acceptors (Lipinski definition) is 6. The lowest BCUT2D eigenvalue weighted by molar-refractivity contribution is -0.146. The lowest BCUT2D eigenvalue weighted by Crippen LogP contribution is -2.49. The monoisotopic (exact) mass is 502 g/mol. The van der Waals surface area contributed by atoms with Crippen LogP contribution in [0.4, 0.5) is 0 Å². The van der Waals surface area contributed by atoms with Gasteiger partial charge in [0.15, 0.2) is 12.0 Å². The maximum absolute atomic E-state index is 13.1. The van der Waals surface area contributed by atoms with Gasteiger partial charge < -0.3 is 19.7 Å². The van der Waals surface area contributed by atoms with E-state index in [0.717, 1.165) is 88.2 Å². The molecule has 0 radical (unpaired) electrons. The van der Waals surface area contributed by atoms with Crippen LogP contribution in [0.2, 0.25) is 0 Å². The topological polar surface area (TPSA) is 137 Å². The molecule has 0 spiro atoms. The summed E-state index contributed by atoms with van der Waals surface area (Å²) in [5, 5.41) is 23.5. The van der Waals surface area contributed by atoms with Crippen molar-refractivity contribution in [3.63, 3.8) is 0 Å². The van der Waals surface area contributed by atoms with Gasteiger partial charge in [-0.1, -0.05) is 42.8 Å². The van der Waals surface area contributed by atoms with Crippen LogP contribution in [0.1, 0.15) is 96.3 Å². The van der Waals surface area contributed by atoms with E-state index in [-0.39, 0.29) is 25.2 Å².